The van der Waals surface area contributed by atoms with Crippen LogP contribution < -0.4 is 41.5 Å². The third-order valence-corrected chi connectivity index (χ3v) is 30.9. The van der Waals surface area contributed by atoms with Crippen molar-refractivity contribution < 1.29 is 0 Å². The molecule has 378 valence electrons. The Morgan fingerprint density at radius 3 is 0.500 bits per heavy atom. The monoisotopic (exact) mass is 1080 g/mol. The molecule has 0 fully saturated rings. The molecule has 0 aliphatic heterocycles. The van der Waals surface area contributed by atoms with Crippen molar-refractivity contribution in [2.75, 3.05) is 0 Å². The van der Waals surface area contributed by atoms with Crippen molar-refractivity contribution in [1.29, 1.82) is 0 Å². The molecule has 0 nitrogen and oxygen atoms in total. The summed E-state index contributed by atoms with van der Waals surface area (Å²) in [5.41, 5.74) is 20.0. The van der Waals surface area contributed by atoms with E-state index in [1.165, 1.54) is 41.5 Å². The van der Waals surface area contributed by atoms with Crippen LogP contribution >= 0.6 is 0 Å². The fraction of sp³-hybridized carbons (Fsp3) is 0.0526. The number of benzene rings is 12. The van der Waals surface area contributed by atoms with Gasteiger partial charge in [0.15, 0.2) is 32.3 Å². The molecule has 0 spiro atoms. The second kappa shape index (κ2) is 21.9. The summed E-state index contributed by atoms with van der Waals surface area (Å²) in [6.07, 6.45) is 0. The van der Waals surface area contributed by atoms with Crippen LogP contribution in [0.3, 0.4) is 0 Å². The molecule has 0 heterocycles. The summed E-state index contributed by atoms with van der Waals surface area (Å²) in [6.45, 7) is 9.55. The van der Waals surface area contributed by atoms with E-state index in [2.05, 4.69) is 351 Å². The van der Waals surface area contributed by atoms with Gasteiger partial charge in [0.25, 0.3) is 0 Å². The predicted molar refractivity (Wildman–Crippen MR) is 353 cm³/mol. The lowest BCUT2D eigenvalue weighted by Gasteiger charge is -2.23. The van der Waals surface area contributed by atoms with Crippen molar-refractivity contribution in [3.8, 4) is 45.9 Å². The second-order valence-corrected chi connectivity index (χ2v) is 36.1. The maximum atomic E-state index is 4.04. The Morgan fingerprint density at radius 1 is 0.200 bits per heavy atom. The maximum absolute atomic E-state index is 4.04. The Hall–Kier alpha value is -9.21. The maximum Gasteiger partial charge on any atom is 0.196 e. The molecule has 12 aromatic rings. The van der Waals surface area contributed by atoms with Gasteiger partial charge in [-0.05, 0) is 85.9 Å². The topological polar surface area (TPSA) is 0 Å². The first kappa shape index (κ1) is 51.5. The molecule has 0 saturated heterocycles. The van der Waals surface area contributed by atoms with Gasteiger partial charge >= 0.3 is 0 Å². The van der Waals surface area contributed by atoms with E-state index in [0.29, 0.717) is 0 Å². The Kier molecular flexibility index (Phi) is 14.1. The van der Waals surface area contributed by atoms with Crippen molar-refractivity contribution in [2.45, 2.75) is 26.2 Å². The lowest BCUT2D eigenvalue weighted by atomic mass is 9.86. The average molecular weight is 1080 g/mol. The molecule has 0 aliphatic rings. The quantitative estimate of drug-likeness (QED) is 0.0808. The summed E-state index contributed by atoms with van der Waals surface area (Å²) >= 11 is 0. The first-order valence-electron chi connectivity index (χ1n) is 27.5. The summed E-state index contributed by atoms with van der Waals surface area (Å²) < 4.78 is 0. The zero-order valence-corrected chi connectivity index (χ0v) is 49.6. The minimum absolute atomic E-state index is 0.968. The Morgan fingerprint density at radius 2 is 0.350 bits per heavy atom. The highest BCUT2D eigenvalue weighted by Crippen LogP contribution is 2.40. The largest absolute Gasteiger partial charge is 0.196 e. The molecular weight excluding hydrogens is 1030 g/mol. The van der Waals surface area contributed by atoms with Crippen LogP contribution in [0.15, 0.2) is 279 Å². The van der Waals surface area contributed by atoms with Crippen molar-refractivity contribution in [3.05, 3.63) is 301 Å². The summed E-state index contributed by atoms with van der Waals surface area (Å²) in [6, 6.07) is 101. The standard InChI is InChI=1S/C76H58Si4/c1-77(63-29-13-5-14-30-63,64-31-15-6-16-32-64)53-49-59-57-60(50-54-78(2,65-33-17-7-18-34-65)66-35-19-8-20-36-66)72-47-48-74-62(52-56-80(4,69-41-25-11-26-42-69)70-43-27-12-28-44-70)58-61(73-46-45-71(59)75(72)76(73)74)51-55-79(3,67-37-21-9-22-38-67)68-39-23-10-24-40-68/h5-48,57-58H,1-4H3. The highest BCUT2D eigenvalue weighted by Gasteiger charge is 2.34. The van der Waals surface area contributed by atoms with Crippen LogP contribution in [-0.4, -0.2) is 32.3 Å². The minimum Gasteiger partial charge on any atom is -0.115 e. The van der Waals surface area contributed by atoms with Crippen molar-refractivity contribution in [1.82, 2.24) is 0 Å². The number of rotatable bonds is 8. The lowest BCUT2D eigenvalue weighted by molar-refractivity contribution is 1.66. The summed E-state index contributed by atoms with van der Waals surface area (Å²) in [4.78, 5) is 0. The first-order chi connectivity index (χ1) is 39.2. The van der Waals surface area contributed by atoms with E-state index in [9.17, 15) is 0 Å². The molecule has 0 radical (unpaired) electrons. The van der Waals surface area contributed by atoms with Gasteiger partial charge in [-0.25, -0.2) is 0 Å². The molecule has 0 unspecified atom stereocenters. The van der Waals surface area contributed by atoms with E-state index in [1.807, 2.05) is 0 Å². The molecule has 12 aromatic carbocycles. The molecule has 0 saturated carbocycles. The Labute approximate surface area is 476 Å². The SMILES string of the molecule is C[Si](C#Cc1cc(C#C[Si](C)(c2ccccc2)c2ccccc2)c2ccc3c(C#C[Si](C)(c4ccccc4)c4ccccc4)cc(C#C[Si](C)(c4ccccc4)c4ccccc4)c4ccc1c2c43)(c1ccccc1)c1ccccc1. The molecule has 0 aliphatic carbocycles. The normalized spacial score (nSPS) is 11.6. The van der Waals surface area contributed by atoms with Gasteiger partial charge in [0, 0.05) is 22.3 Å². The number of hydrogen-bond acceptors (Lipinski definition) is 0. The van der Waals surface area contributed by atoms with Gasteiger partial charge < -0.3 is 0 Å². The fourth-order valence-corrected chi connectivity index (χ4v) is 22.5. The van der Waals surface area contributed by atoms with Crippen molar-refractivity contribution >= 4 is 106 Å². The lowest BCUT2D eigenvalue weighted by Crippen LogP contribution is -2.54. The highest BCUT2D eigenvalue weighted by atomic mass is 28.3. The highest BCUT2D eigenvalue weighted by molar-refractivity contribution is 7.09. The van der Waals surface area contributed by atoms with Crippen LogP contribution in [0.4, 0.5) is 0 Å². The zero-order chi connectivity index (χ0) is 54.6. The van der Waals surface area contributed by atoms with Gasteiger partial charge in [-0.1, -0.05) is 317 Å². The molecule has 4 heteroatoms. The third kappa shape index (κ3) is 9.67. The molecular formula is C76H58Si4. The van der Waals surface area contributed by atoms with Crippen LogP contribution in [-0.2, 0) is 0 Å². The minimum atomic E-state index is -2.61. The summed E-state index contributed by atoms with van der Waals surface area (Å²) in [5.74, 6) is 15.8. The third-order valence-electron chi connectivity index (χ3n) is 16.5. The summed E-state index contributed by atoms with van der Waals surface area (Å²) in [5, 5.41) is 16.9. The molecule has 0 atom stereocenters. The van der Waals surface area contributed by atoms with Gasteiger partial charge in [-0.3, -0.25) is 0 Å². The smallest absolute Gasteiger partial charge is 0.115 e. The van der Waals surface area contributed by atoms with Gasteiger partial charge in [0.05, 0.1) is 0 Å². The zero-order valence-electron chi connectivity index (χ0n) is 45.6. The van der Waals surface area contributed by atoms with E-state index in [0.717, 1.165) is 54.6 Å². The van der Waals surface area contributed by atoms with Crippen LogP contribution in [0.1, 0.15) is 22.3 Å². The van der Waals surface area contributed by atoms with E-state index in [1.54, 1.807) is 0 Å². The van der Waals surface area contributed by atoms with E-state index in [4.69, 9.17) is 0 Å². The average Bonchev–Trinajstić information content (AvgIpc) is 3.59. The molecule has 0 amide bonds. The van der Waals surface area contributed by atoms with Crippen molar-refractivity contribution in [3.63, 3.8) is 0 Å². The van der Waals surface area contributed by atoms with Crippen molar-refractivity contribution in [2.24, 2.45) is 0 Å². The first-order valence-corrected chi connectivity index (χ1v) is 37.5. The predicted octanol–water partition coefficient (Wildman–Crippen LogP) is 11.7. The number of hydrogen-bond donors (Lipinski definition) is 0. The van der Waals surface area contributed by atoms with Crippen LogP contribution in [0.25, 0.3) is 32.3 Å². The van der Waals surface area contributed by atoms with E-state index in [-0.39, 0.29) is 0 Å². The van der Waals surface area contributed by atoms with Gasteiger partial charge in [0.2, 0.25) is 0 Å². The fourth-order valence-electron chi connectivity index (χ4n) is 11.6. The molecule has 80 heavy (non-hydrogen) atoms. The molecule has 0 bridgehead atoms. The van der Waals surface area contributed by atoms with E-state index < -0.39 is 32.3 Å². The van der Waals surface area contributed by atoms with Gasteiger partial charge in [-0.15, -0.1) is 22.2 Å². The Bertz CT molecular complexity index is 3710. The molecule has 12 rings (SSSR count). The molecule has 0 aromatic heterocycles. The van der Waals surface area contributed by atoms with Crippen LogP contribution in [0.2, 0.25) is 26.2 Å². The van der Waals surface area contributed by atoms with Crippen LogP contribution in [0.5, 0.6) is 0 Å². The van der Waals surface area contributed by atoms with Gasteiger partial charge in [-0.2, -0.15) is 0 Å². The summed E-state index contributed by atoms with van der Waals surface area (Å²) in [7, 11) is -10.4. The Balaban J connectivity index is 1.18. The van der Waals surface area contributed by atoms with Crippen LogP contribution in [0, 0.1) is 45.9 Å². The molecule has 0 N–H and O–H groups in total. The second-order valence-electron chi connectivity index (χ2n) is 21.4. The van der Waals surface area contributed by atoms with Gasteiger partial charge in [0.1, 0.15) is 0 Å². The van der Waals surface area contributed by atoms with E-state index >= 15 is 0 Å².